The molecular formula is C12H22N4O. The molecule has 2 rings (SSSR count). The monoisotopic (exact) mass is 238 g/mol. The maximum Gasteiger partial charge on any atom is 0.153 e. The summed E-state index contributed by atoms with van der Waals surface area (Å²) in [7, 11) is 0. The maximum absolute atomic E-state index is 5.94. The normalized spacial score (nSPS) is 25.4. The Hall–Kier alpha value is -0.940. The number of ether oxygens (including phenoxy) is 1. The van der Waals surface area contributed by atoms with E-state index in [0.29, 0.717) is 18.7 Å². The van der Waals surface area contributed by atoms with Gasteiger partial charge in [-0.05, 0) is 39.5 Å². The second-order valence-electron chi connectivity index (χ2n) is 5.07. The van der Waals surface area contributed by atoms with Gasteiger partial charge in [-0.1, -0.05) is 0 Å². The Morgan fingerprint density at radius 2 is 2.35 bits per heavy atom. The minimum atomic E-state index is 0.288. The molecule has 1 aliphatic carbocycles. The van der Waals surface area contributed by atoms with Crippen LogP contribution in [0.2, 0.25) is 0 Å². The molecule has 0 bridgehead atoms. The predicted molar refractivity (Wildman–Crippen MR) is 65.4 cm³/mol. The van der Waals surface area contributed by atoms with Gasteiger partial charge in [-0.25, -0.2) is 9.67 Å². The predicted octanol–water partition coefficient (Wildman–Crippen LogP) is 1.65. The number of aromatic nitrogens is 3. The van der Waals surface area contributed by atoms with Gasteiger partial charge < -0.3 is 10.5 Å². The van der Waals surface area contributed by atoms with Crippen LogP contribution in [0.25, 0.3) is 0 Å². The van der Waals surface area contributed by atoms with Crippen LogP contribution < -0.4 is 5.73 Å². The van der Waals surface area contributed by atoms with Crippen LogP contribution in [0.1, 0.15) is 51.4 Å². The van der Waals surface area contributed by atoms with Gasteiger partial charge in [0.25, 0.3) is 0 Å². The molecule has 1 saturated carbocycles. The maximum atomic E-state index is 5.94. The van der Waals surface area contributed by atoms with Crippen molar-refractivity contribution in [1.29, 1.82) is 0 Å². The van der Waals surface area contributed by atoms with Crippen molar-refractivity contribution in [3.8, 4) is 0 Å². The molecule has 1 aliphatic rings. The molecule has 96 valence electrons. The first-order chi connectivity index (χ1) is 8.16. The fourth-order valence-corrected chi connectivity index (χ4v) is 2.33. The van der Waals surface area contributed by atoms with E-state index < -0.39 is 0 Å². The largest absolute Gasteiger partial charge is 0.370 e. The van der Waals surface area contributed by atoms with Gasteiger partial charge in [0.05, 0.1) is 6.10 Å². The summed E-state index contributed by atoms with van der Waals surface area (Å²) in [4.78, 5) is 4.24. The number of hydrogen-bond acceptors (Lipinski definition) is 4. The summed E-state index contributed by atoms with van der Waals surface area (Å²) >= 11 is 0. The van der Waals surface area contributed by atoms with Gasteiger partial charge in [0.1, 0.15) is 12.9 Å². The summed E-state index contributed by atoms with van der Waals surface area (Å²) in [5.74, 6) is 0.902. The number of hydrogen-bond donors (Lipinski definition) is 1. The first-order valence-electron chi connectivity index (χ1n) is 6.42. The topological polar surface area (TPSA) is 66.0 Å². The lowest BCUT2D eigenvalue weighted by Crippen LogP contribution is -2.32. The van der Waals surface area contributed by atoms with Crippen molar-refractivity contribution in [2.45, 2.75) is 64.3 Å². The highest BCUT2D eigenvalue weighted by molar-refractivity contribution is 4.84. The molecule has 2 unspecified atom stereocenters. The summed E-state index contributed by atoms with van der Waals surface area (Å²) in [6.07, 6.45) is 6.26. The smallest absolute Gasteiger partial charge is 0.153 e. The van der Waals surface area contributed by atoms with E-state index in [1.807, 2.05) is 4.68 Å². The molecule has 0 spiro atoms. The number of rotatable bonds is 4. The highest BCUT2D eigenvalue weighted by Crippen LogP contribution is 2.20. The molecule has 2 N–H and O–H groups in total. The number of nitrogens with two attached hydrogens (primary N) is 1. The molecule has 1 aromatic heterocycles. The molecule has 1 fully saturated rings. The first-order valence-corrected chi connectivity index (χ1v) is 6.42. The van der Waals surface area contributed by atoms with Crippen molar-refractivity contribution in [3.05, 3.63) is 12.2 Å². The van der Waals surface area contributed by atoms with Crippen molar-refractivity contribution in [1.82, 2.24) is 14.8 Å². The van der Waals surface area contributed by atoms with Crippen LogP contribution in [0.3, 0.4) is 0 Å². The minimum absolute atomic E-state index is 0.288. The average molecular weight is 238 g/mol. The van der Waals surface area contributed by atoms with E-state index in [0.717, 1.165) is 25.1 Å². The minimum Gasteiger partial charge on any atom is -0.370 e. The third-order valence-corrected chi connectivity index (χ3v) is 3.25. The second kappa shape index (κ2) is 5.60. The van der Waals surface area contributed by atoms with Crippen LogP contribution in [-0.2, 0) is 11.3 Å². The third-order valence-electron chi connectivity index (χ3n) is 3.25. The molecule has 1 aromatic rings. The van der Waals surface area contributed by atoms with Crippen LogP contribution in [0.4, 0.5) is 0 Å². The summed E-state index contributed by atoms with van der Waals surface area (Å²) in [5, 5.41) is 4.20. The molecule has 0 aromatic carbocycles. The molecular weight excluding hydrogens is 216 g/mol. The summed E-state index contributed by atoms with van der Waals surface area (Å²) < 4.78 is 7.79. The standard InChI is InChI=1S/C12H22N4O/c1-9(2)16-12(14-8-15-16)7-17-11-5-3-4-10(13)6-11/h8-11H,3-7,13H2,1-2H3. The SMILES string of the molecule is CC(C)n1ncnc1COC1CCCC(N)C1. The van der Waals surface area contributed by atoms with E-state index >= 15 is 0 Å². The van der Waals surface area contributed by atoms with Gasteiger partial charge in [-0.2, -0.15) is 5.10 Å². The molecule has 5 heteroatoms. The fourth-order valence-electron chi connectivity index (χ4n) is 2.33. The fraction of sp³-hybridized carbons (Fsp3) is 0.833. The van der Waals surface area contributed by atoms with Crippen LogP contribution in [-0.4, -0.2) is 26.9 Å². The van der Waals surface area contributed by atoms with Gasteiger partial charge >= 0.3 is 0 Å². The Morgan fingerprint density at radius 1 is 1.53 bits per heavy atom. The number of nitrogens with zero attached hydrogens (tertiary/aromatic N) is 3. The lowest BCUT2D eigenvalue weighted by atomic mass is 9.94. The van der Waals surface area contributed by atoms with Crippen molar-refractivity contribution in [2.24, 2.45) is 5.73 Å². The molecule has 0 saturated heterocycles. The van der Waals surface area contributed by atoms with Crippen LogP contribution >= 0.6 is 0 Å². The average Bonchev–Trinajstić information content (AvgIpc) is 2.74. The van der Waals surface area contributed by atoms with Crippen molar-refractivity contribution in [3.63, 3.8) is 0 Å². The Kier molecular flexibility index (Phi) is 4.12. The van der Waals surface area contributed by atoms with E-state index in [1.54, 1.807) is 6.33 Å². The van der Waals surface area contributed by atoms with Crippen LogP contribution in [0, 0.1) is 0 Å². The van der Waals surface area contributed by atoms with Crippen LogP contribution in [0.15, 0.2) is 6.33 Å². The van der Waals surface area contributed by atoms with Crippen molar-refractivity contribution < 1.29 is 4.74 Å². The molecule has 1 heterocycles. The Labute approximate surface area is 102 Å². The lowest BCUT2D eigenvalue weighted by Gasteiger charge is -2.26. The molecule has 2 atom stereocenters. The second-order valence-corrected chi connectivity index (χ2v) is 5.07. The molecule has 17 heavy (non-hydrogen) atoms. The zero-order valence-corrected chi connectivity index (χ0v) is 10.7. The van der Waals surface area contributed by atoms with Crippen molar-refractivity contribution >= 4 is 0 Å². The van der Waals surface area contributed by atoms with Gasteiger partial charge in [-0.3, -0.25) is 0 Å². The van der Waals surface area contributed by atoms with Gasteiger partial charge in [0.2, 0.25) is 0 Å². The first kappa shape index (κ1) is 12.5. The Bertz CT molecular complexity index is 350. The molecule has 0 aliphatic heterocycles. The molecule has 0 radical (unpaired) electrons. The summed E-state index contributed by atoms with van der Waals surface area (Å²) in [5.41, 5.74) is 5.94. The van der Waals surface area contributed by atoms with Crippen LogP contribution in [0.5, 0.6) is 0 Å². The highest BCUT2D eigenvalue weighted by Gasteiger charge is 2.20. The Balaban J connectivity index is 1.86. The summed E-state index contributed by atoms with van der Waals surface area (Å²) in [6, 6.07) is 0.626. The Morgan fingerprint density at radius 3 is 3.06 bits per heavy atom. The van der Waals surface area contributed by atoms with E-state index in [-0.39, 0.29) is 6.10 Å². The zero-order chi connectivity index (χ0) is 12.3. The summed E-state index contributed by atoms with van der Waals surface area (Å²) in [6.45, 7) is 4.72. The van der Waals surface area contributed by atoms with Gasteiger partial charge in [0.15, 0.2) is 5.82 Å². The van der Waals surface area contributed by atoms with E-state index in [1.165, 1.54) is 6.42 Å². The highest BCUT2D eigenvalue weighted by atomic mass is 16.5. The lowest BCUT2D eigenvalue weighted by molar-refractivity contribution is 0.00702. The molecule has 0 amide bonds. The van der Waals surface area contributed by atoms with E-state index in [9.17, 15) is 0 Å². The van der Waals surface area contributed by atoms with Gasteiger partial charge in [-0.15, -0.1) is 0 Å². The van der Waals surface area contributed by atoms with E-state index in [2.05, 4.69) is 23.9 Å². The zero-order valence-electron chi connectivity index (χ0n) is 10.7. The molecule has 5 nitrogen and oxygen atoms in total. The third kappa shape index (κ3) is 3.26. The quantitative estimate of drug-likeness (QED) is 0.866. The van der Waals surface area contributed by atoms with Gasteiger partial charge in [0, 0.05) is 12.1 Å². The van der Waals surface area contributed by atoms with E-state index in [4.69, 9.17) is 10.5 Å². The van der Waals surface area contributed by atoms with Crippen molar-refractivity contribution in [2.75, 3.05) is 0 Å².